The topological polar surface area (TPSA) is 78.8 Å². The Morgan fingerprint density at radius 2 is 2.31 bits per heavy atom. The van der Waals surface area contributed by atoms with Gasteiger partial charge in [0.25, 0.3) is 0 Å². The molecule has 0 radical (unpaired) electrons. The third-order valence-electron chi connectivity index (χ3n) is 1.59. The van der Waals surface area contributed by atoms with Crippen molar-refractivity contribution in [3.8, 4) is 0 Å². The molecule has 0 aromatic carbocycles. The molecule has 0 saturated heterocycles. The van der Waals surface area contributed by atoms with Gasteiger partial charge in [0.1, 0.15) is 10.7 Å². The lowest BCUT2D eigenvalue weighted by Gasteiger charge is -1.99. The molecule has 0 fully saturated rings. The van der Waals surface area contributed by atoms with Gasteiger partial charge in [-0.3, -0.25) is 4.79 Å². The van der Waals surface area contributed by atoms with Gasteiger partial charge >= 0.3 is 5.97 Å². The second kappa shape index (κ2) is 5.36. The van der Waals surface area contributed by atoms with Crippen molar-refractivity contribution in [2.24, 2.45) is 5.10 Å². The van der Waals surface area contributed by atoms with E-state index in [0.717, 1.165) is 17.4 Å². The van der Waals surface area contributed by atoms with Crippen LogP contribution < -0.4 is 5.43 Å². The number of hydrogen-bond donors (Lipinski definition) is 2. The first-order chi connectivity index (χ1) is 7.57. The molecule has 0 aliphatic carbocycles. The van der Waals surface area contributed by atoms with Crippen LogP contribution in [0.3, 0.4) is 0 Å². The zero-order valence-electron chi connectivity index (χ0n) is 8.36. The van der Waals surface area contributed by atoms with Crippen molar-refractivity contribution in [3.63, 3.8) is 0 Å². The van der Waals surface area contributed by atoms with E-state index in [-0.39, 0.29) is 4.88 Å². The predicted octanol–water partition coefficient (Wildman–Crippen LogP) is 1.12. The van der Waals surface area contributed by atoms with Crippen LogP contribution >= 0.6 is 11.3 Å². The molecular formula is C9H9FN2O3S. The van der Waals surface area contributed by atoms with Gasteiger partial charge in [-0.2, -0.15) is 5.10 Å². The van der Waals surface area contributed by atoms with Crippen LogP contribution in [0.1, 0.15) is 16.6 Å². The fourth-order valence-corrected chi connectivity index (χ4v) is 1.63. The number of nitrogens with zero attached hydrogens (tertiary/aromatic N) is 1. The molecule has 1 heterocycles. The van der Waals surface area contributed by atoms with Crippen molar-refractivity contribution in [1.82, 2.24) is 5.43 Å². The summed E-state index contributed by atoms with van der Waals surface area (Å²) < 4.78 is 13.1. The number of nitrogens with one attached hydrogen (secondary N) is 1. The average Bonchev–Trinajstić information content (AvgIpc) is 2.64. The molecule has 1 rings (SSSR count). The van der Waals surface area contributed by atoms with Gasteiger partial charge in [-0.15, -0.1) is 11.3 Å². The van der Waals surface area contributed by atoms with Crippen molar-refractivity contribution < 1.29 is 19.1 Å². The minimum atomic E-state index is -1.49. The summed E-state index contributed by atoms with van der Waals surface area (Å²) in [6.07, 6.45) is 0. The van der Waals surface area contributed by atoms with E-state index in [2.05, 4.69) is 10.5 Å². The van der Waals surface area contributed by atoms with Gasteiger partial charge in [0, 0.05) is 6.54 Å². The van der Waals surface area contributed by atoms with Crippen molar-refractivity contribution in [2.75, 3.05) is 6.54 Å². The Kier molecular flexibility index (Phi) is 4.12. The van der Waals surface area contributed by atoms with Crippen LogP contribution in [0.2, 0.25) is 0 Å². The van der Waals surface area contributed by atoms with Gasteiger partial charge in [-0.1, -0.05) is 0 Å². The van der Waals surface area contributed by atoms with Crippen molar-refractivity contribution >= 4 is 28.8 Å². The first kappa shape index (κ1) is 12.3. The van der Waals surface area contributed by atoms with Crippen LogP contribution in [-0.2, 0) is 4.79 Å². The lowest BCUT2D eigenvalue weighted by atomic mass is 10.2. The van der Waals surface area contributed by atoms with E-state index >= 15 is 0 Å². The van der Waals surface area contributed by atoms with Gasteiger partial charge in [0.15, 0.2) is 0 Å². The number of carboxylic acid groups (broad SMARTS) is 1. The molecule has 7 heteroatoms. The van der Waals surface area contributed by atoms with Crippen molar-refractivity contribution in [2.45, 2.75) is 6.92 Å². The smallest absolute Gasteiger partial charge is 0.360 e. The van der Waals surface area contributed by atoms with Crippen LogP contribution in [0.5, 0.6) is 0 Å². The molecule has 2 N–H and O–H groups in total. The maximum absolute atomic E-state index is 13.1. The SMILES string of the molecule is CCNN=C(C(=O)O)C(=O)c1sccc1F. The number of ketones is 1. The average molecular weight is 244 g/mol. The Labute approximate surface area is 94.6 Å². The number of carboxylic acids is 1. The summed E-state index contributed by atoms with van der Waals surface area (Å²) in [6.45, 7) is 2.07. The molecule has 0 saturated carbocycles. The lowest BCUT2D eigenvalue weighted by Crippen LogP contribution is -2.27. The van der Waals surface area contributed by atoms with Gasteiger partial charge in [-0.25, -0.2) is 9.18 Å². The molecule has 0 bridgehead atoms. The van der Waals surface area contributed by atoms with Crippen molar-refractivity contribution in [3.05, 3.63) is 22.1 Å². The first-order valence-electron chi connectivity index (χ1n) is 4.39. The Morgan fingerprint density at radius 3 is 2.75 bits per heavy atom. The molecule has 0 aliphatic rings. The van der Waals surface area contributed by atoms with Crippen LogP contribution in [0.15, 0.2) is 16.5 Å². The number of aliphatic carboxylic acids is 1. The molecular weight excluding hydrogens is 235 g/mol. The highest BCUT2D eigenvalue weighted by atomic mass is 32.1. The van der Waals surface area contributed by atoms with Gasteiger partial charge < -0.3 is 10.5 Å². The Morgan fingerprint density at radius 1 is 1.62 bits per heavy atom. The Balaban J connectivity index is 3.01. The van der Waals surface area contributed by atoms with Crippen LogP contribution in [-0.4, -0.2) is 29.1 Å². The van der Waals surface area contributed by atoms with E-state index in [1.165, 1.54) is 5.38 Å². The summed E-state index contributed by atoms with van der Waals surface area (Å²) in [6, 6.07) is 1.10. The molecule has 0 amide bonds. The standard InChI is InChI=1S/C9H9FN2O3S/c1-2-11-12-6(9(14)15)7(13)8-5(10)3-4-16-8/h3-4,11H,2H2,1H3,(H,14,15). The first-order valence-corrected chi connectivity index (χ1v) is 5.27. The zero-order chi connectivity index (χ0) is 12.1. The van der Waals surface area contributed by atoms with Gasteiger partial charge in [0.2, 0.25) is 11.5 Å². The molecule has 0 spiro atoms. The van der Waals surface area contributed by atoms with Crippen LogP contribution in [0.25, 0.3) is 0 Å². The van der Waals surface area contributed by atoms with E-state index < -0.39 is 23.3 Å². The number of thiophene rings is 1. The zero-order valence-corrected chi connectivity index (χ0v) is 9.18. The maximum Gasteiger partial charge on any atom is 0.360 e. The molecule has 5 nitrogen and oxygen atoms in total. The van der Waals surface area contributed by atoms with E-state index in [1.54, 1.807) is 6.92 Å². The fraction of sp³-hybridized carbons (Fsp3) is 0.222. The molecule has 1 aromatic heterocycles. The molecule has 0 aliphatic heterocycles. The minimum Gasteiger partial charge on any atom is -0.476 e. The Bertz CT molecular complexity index is 442. The van der Waals surface area contributed by atoms with E-state index in [9.17, 15) is 14.0 Å². The summed E-state index contributed by atoms with van der Waals surface area (Å²) in [7, 11) is 0. The number of halogens is 1. The summed E-state index contributed by atoms with van der Waals surface area (Å²) in [5, 5.41) is 13.5. The predicted molar refractivity (Wildman–Crippen MR) is 57.4 cm³/mol. The highest BCUT2D eigenvalue weighted by molar-refractivity contribution is 7.13. The van der Waals surface area contributed by atoms with E-state index in [1.807, 2.05) is 0 Å². The molecule has 16 heavy (non-hydrogen) atoms. The highest BCUT2D eigenvalue weighted by Gasteiger charge is 2.25. The number of carbonyl (C=O) groups excluding carboxylic acids is 1. The summed E-state index contributed by atoms with van der Waals surface area (Å²) in [4.78, 5) is 22.1. The largest absolute Gasteiger partial charge is 0.476 e. The van der Waals surface area contributed by atoms with Crippen LogP contribution in [0, 0.1) is 5.82 Å². The maximum atomic E-state index is 13.1. The summed E-state index contributed by atoms with van der Waals surface area (Å²) in [5.41, 5.74) is 1.64. The minimum absolute atomic E-state index is 0.251. The van der Waals surface area contributed by atoms with Gasteiger partial charge in [-0.05, 0) is 18.4 Å². The number of hydrazone groups is 1. The summed E-state index contributed by atoms with van der Waals surface area (Å²) >= 11 is 0.840. The second-order valence-corrected chi connectivity index (χ2v) is 3.62. The lowest BCUT2D eigenvalue weighted by molar-refractivity contribution is -0.129. The van der Waals surface area contributed by atoms with Crippen molar-refractivity contribution in [1.29, 1.82) is 0 Å². The van der Waals surface area contributed by atoms with E-state index in [0.29, 0.717) is 6.54 Å². The molecule has 1 aromatic rings. The third kappa shape index (κ3) is 2.63. The monoisotopic (exact) mass is 244 g/mol. The number of Topliss-reactive ketones (excluding diaryl/α,β-unsaturated/α-hetero) is 1. The van der Waals surface area contributed by atoms with Crippen LogP contribution in [0.4, 0.5) is 4.39 Å². The van der Waals surface area contributed by atoms with E-state index in [4.69, 9.17) is 5.11 Å². The third-order valence-corrected chi connectivity index (χ3v) is 2.48. The number of hydrogen-bond acceptors (Lipinski definition) is 5. The Hall–Kier alpha value is -1.76. The quantitative estimate of drug-likeness (QED) is 0.352. The second-order valence-electron chi connectivity index (χ2n) is 2.70. The molecule has 86 valence electrons. The normalized spacial score (nSPS) is 11.2. The van der Waals surface area contributed by atoms with Gasteiger partial charge in [0.05, 0.1) is 0 Å². The molecule has 0 atom stereocenters. The number of carbonyl (C=O) groups is 2. The number of rotatable bonds is 5. The summed E-state index contributed by atoms with van der Waals surface area (Å²) in [5.74, 6) is -3.15. The highest BCUT2D eigenvalue weighted by Crippen LogP contribution is 2.16. The molecule has 0 unspecified atom stereocenters. The fourth-order valence-electron chi connectivity index (χ4n) is 0.917.